The van der Waals surface area contributed by atoms with Crippen LogP contribution in [-0.4, -0.2) is 13.5 Å². The number of aromatic hydroxyl groups is 1. The summed E-state index contributed by atoms with van der Waals surface area (Å²) in [6.45, 7) is 1.41. The number of anilines is 1. The Morgan fingerprint density at radius 1 is 1.17 bits per heavy atom. The van der Waals surface area contributed by atoms with Gasteiger partial charge in [-0.15, -0.1) is 0 Å². The minimum Gasteiger partial charge on any atom is -0.505 e. The number of rotatable bonds is 3. The van der Waals surface area contributed by atoms with Gasteiger partial charge in [0.2, 0.25) is 0 Å². The molecule has 124 valence electrons. The van der Waals surface area contributed by atoms with E-state index in [2.05, 4.69) is 0 Å². The van der Waals surface area contributed by atoms with E-state index in [0.29, 0.717) is 0 Å². The minimum absolute atomic E-state index is 0.126. The van der Waals surface area contributed by atoms with Crippen molar-refractivity contribution in [2.45, 2.75) is 11.8 Å². The van der Waals surface area contributed by atoms with E-state index in [1.807, 2.05) is 4.72 Å². The molecular formula is C16H12FNO5S. The van der Waals surface area contributed by atoms with Crippen molar-refractivity contribution in [2.75, 3.05) is 4.72 Å². The van der Waals surface area contributed by atoms with Crippen molar-refractivity contribution in [2.24, 2.45) is 0 Å². The second kappa shape index (κ2) is 5.64. The lowest BCUT2D eigenvalue weighted by Crippen LogP contribution is -2.19. The van der Waals surface area contributed by atoms with E-state index in [4.69, 9.17) is 4.42 Å². The highest BCUT2D eigenvalue weighted by Gasteiger charge is 2.22. The molecule has 0 saturated heterocycles. The van der Waals surface area contributed by atoms with Crippen LogP contribution in [0.15, 0.2) is 56.6 Å². The molecule has 0 aliphatic heterocycles. The Kier molecular flexibility index (Phi) is 3.76. The van der Waals surface area contributed by atoms with Gasteiger partial charge in [-0.2, -0.15) is 0 Å². The summed E-state index contributed by atoms with van der Waals surface area (Å²) in [4.78, 5) is 11.7. The van der Waals surface area contributed by atoms with Crippen molar-refractivity contribution in [1.82, 2.24) is 0 Å². The summed E-state index contributed by atoms with van der Waals surface area (Å²) in [7, 11) is -4.20. The molecule has 0 spiro atoms. The molecule has 2 N–H and O–H groups in total. The van der Waals surface area contributed by atoms with E-state index in [9.17, 15) is 22.7 Å². The van der Waals surface area contributed by atoms with Crippen LogP contribution in [0.5, 0.6) is 5.75 Å². The number of nitrogens with one attached hydrogen (secondary N) is 1. The first-order chi connectivity index (χ1) is 11.3. The second-order valence-corrected chi connectivity index (χ2v) is 6.81. The number of para-hydroxylation sites is 1. The largest absolute Gasteiger partial charge is 0.505 e. The molecular weight excluding hydrogens is 337 g/mol. The fraction of sp³-hybridized carbons (Fsp3) is 0.0625. The Balaban J connectivity index is 2.12. The third-order valence-electron chi connectivity index (χ3n) is 3.46. The maximum atomic E-state index is 13.3. The number of halogens is 1. The van der Waals surface area contributed by atoms with Crippen LogP contribution in [-0.2, 0) is 10.0 Å². The van der Waals surface area contributed by atoms with E-state index in [1.165, 1.54) is 19.1 Å². The maximum Gasteiger partial charge on any atom is 0.364 e. The molecule has 2 aromatic carbocycles. The lowest BCUT2D eigenvalue weighted by atomic mass is 10.2. The number of fused-ring (bicyclic) bond motifs is 1. The van der Waals surface area contributed by atoms with Gasteiger partial charge in [0, 0.05) is 0 Å². The van der Waals surface area contributed by atoms with Crippen molar-refractivity contribution in [3.63, 3.8) is 0 Å². The SMILES string of the molecule is Cc1cc(S(=O)(=O)Nc2c(O)c3ccccc3oc2=O)ccc1F. The third-order valence-corrected chi connectivity index (χ3v) is 4.81. The molecule has 0 atom stereocenters. The van der Waals surface area contributed by atoms with Gasteiger partial charge in [-0.25, -0.2) is 17.6 Å². The Labute approximate surface area is 136 Å². The molecule has 0 amide bonds. The molecule has 24 heavy (non-hydrogen) atoms. The first-order valence-electron chi connectivity index (χ1n) is 6.83. The van der Waals surface area contributed by atoms with Gasteiger partial charge in [0.25, 0.3) is 10.0 Å². The van der Waals surface area contributed by atoms with Crippen molar-refractivity contribution in [3.05, 3.63) is 64.3 Å². The average Bonchev–Trinajstić information content (AvgIpc) is 2.54. The Bertz CT molecular complexity index is 1110. The molecule has 0 unspecified atom stereocenters. The quantitative estimate of drug-likeness (QED) is 0.709. The van der Waals surface area contributed by atoms with Gasteiger partial charge in [0.1, 0.15) is 11.4 Å². The normalized spacial score (nSPS) is 11.6. The third kappa shape index (κ3) is 2.71. The molecule has 6 nitrogen and oxygen atoms in total. The van der Waals surface area contributed by atoms with Crippen molar-refractivity contribution in [3.8, 4) is 5.75 Å². The van der Waals surface area contributed by atoms with Crippen LogP contribution in [0.1, 0.15) is 5.56 Å². The number of benzene rings is 2. The lowest BCUT2D eigenvalue weighted by molar-refractivity contribution is 0.471. The topological polar surface area (TPSA) is 96.6 Å². The van der Waals surface area contributed by atoms with Crippen LogP contribution in [0.25, 0.3) is 11.0 Å². The summed E-state index contributed by atoms with van der Waals surface area (Å²) in [5.41, 5.74) is -1.38. The number of sulfonamides is 1. The van der Waals surface area contributed by atoms with Gasteiger partial charge in [-0.05, 0) is 42.8 Å². The van der Waals surface area contributed by atoms with E-state index in [-0.39, 0.29) is 21.4 Å². The van der Waals surface area contributed by atoms with E-state index in [1.54, 1.807) is 12.1 Å². The zero-order chi connectivity index (χ0) is 17.5. The van der Waals surface area contributed by atoms with Gasteiger partial charge in [0.15, 0.2) is 11.4 Å². The smallest absolute Gasteiger partial charge is 0.364 e. The van der Waals surface area contributed by atoms with Crippen LogP contribution in [0.3, 0.4) is 0 Å². The molecule has 3 aromatic rings. The summed E-state index contributed by atoms with van der Waals surface area (Å²) in [6, 6.07) is 9.35. The number of hydrogen-bond acceptors (Lipinski definition) is 5. The van der Waals surface area contributed by atoms with Crippen LogP contribution >= 0.6 is 0 Å². The van der Waals surface area contributed by atoms with Crippen LogP contribution in [0, 0.1) is 12.7 Å². The Morgan fingerprint density at radius 3 is 2.58 bits per heavy atom. The molecule has 8 heteroatoms. The van der Waals surface area contributed by atoms with Gasteiger partial charge >= 0.3 is 5.63 Å². The molecule has 1 aromatic heterocycles. The van der Waals surface area contributed by atoms with Gasteiger partial charge in [-0.1, -0.05) is 12.1 Å². The van der Waals surface area contributed by atoms with Crippen LogP contribution in [0.2, 0.25) is 0 Å². The summed E-state index contributed by atoms with van der Waals surface area (Å²) in [6.07, 6.45) is 0. The van der Waals surface area contributed by atoms with Crippen molar-refractivity contribution >= 4 is 26.7 Å². The summed E-state index contributed by atoms with van der Waals surface area (Å²) in [5, 5.41) is 10.4. The van der Waals surface area contributed by atoms with Gasteiger partial charge in [-0.3, -0.25) is 4.72 Å². The zero-order valence-electron chi connectivity index (χ0n) is 12.4. The fourth-order valence-electron chi connectivity index (χ4n) is 2.20. The summed E-state index contributed by atoms with van der Waals surface area (Å²) >= 11 is 0. The molecule has 0 aliphatic carbocycles. The monoisotopic (exact) mass is 349 g/mol. The highest BCUT2D eigenvalue weighted by Crippen LogP contribution is 2.30. The lowest BCUT2D eigenvalue weighted by Gasteiger charge is -2.10. The standard InChI is InChI=1S/C16H12FNO5S/c1-9-8-10(6-7-12(9)17)24(21,22)18-14-15(19)11-4-2-3-5-13(11)23-16(14)20/h2-8,18-19H,1H3. The Hall–Kier alpha value is -2.87. The number of hydrogen-bond donors (Lipinski definition) is 2. The predicted molar refractivity (Wildman–Crippen MR) is 86.1 cm³/mol. The molecule has 0 aliphatic rings. The minimum atomic E-state index is -4.20. The zero-order valence-corrected chi connectivity index (χ0v) is 13.2. The van der Waals surface area contributed by atoms with Crippen molar-refractivity contribution < 1.29 is 22.3 Å². The van der Waals surface area contributed by atoms with Crippen LogP contribution in [0.4, 0.5) is 10.1 Å². The maximum absolute atomic E-state index is 13.3. The summed E-state index contributed by atoms with van der Waals surface area (Å²) in [5.74, 6) is -1.09. The summed E-state index contributed by atoms with van der Waals surface area (Å²) < 4.78 is 45.1. The molecule has 3 rings (SSSR count). The number of aryl methyl sites for hydroxylation is 1. The molecule has 0 bridgehead atoms. The van der Waals surface area contributed by atoms with E-state index < -0.39 is 32.9 Å². The van der Waals surface area contributed by atoms with Crippen molar-refractivity contribution in [1.29, 1.82) is 0 Å². The predicted octanol–water partition coefficient (Wildman–Crippen LogP) is 2.75. The fourth-order valence-corrected chi connectivity index (χ4v) is 3.35. The first-order valence-corrected chi connectivity index (χ1v) is 8.32. The van der Waals surface area contributed by atoms with E-state index in [0.717, 1.165) is 18.2 Å². The van der Waals surface area contributed by atoms with Crippen LogP contribution < -0.4 is 10.3 Å². The first kappa shape index (κ1) is 16.0. The molecule has 0 radical (unpaired) electrons. The molecule has 0 saturated carbocycles. The highest BCUT2D eigenvalue weighted by molar-refractivity contribution is 7.92. The second-order valence-electron chi connectivity index (χ2n) is 5.13. The van der Waals surface area contributed by atoms with Gasteiger partial charge < -0.3 is 9.52 Å². The van der Waals surface area contributed by atoms with E-state index >= 15 is 0 Å². The Morgan fingerprint density at radius 2 is 1.88 bits per heavy atom. The highest BCUT2D eigenvalue weighted by atomic mass is 32.2. The molecule has 0 fully saturated rings. The average molecular weight is 349 g/mol. The molecule has 1 heterocycles. The van der Waals surface area contributed by atoms with Gasteiger partial charge in [0.05, 0.1) is 10.3 Å².